The molecule has 1 N–H and O–H groups in total. The molecule has 3 aromatic carbocycles. The number of fused-ring (bicyclic) bond motifs is 1. The van der Waals surface area contributed by atoms with Gasteiger partial charge in [0, 0.05) is 30.2 Å². The maximum Gasteiger partial charge on any atom is 0.387 e. The van der Waals surface area contributed by atoms with Gasteiger partial charge in [0.2, 0.25) is 0 Å². The molecule has 0 amide bonds. The minimum absolute atomic E-state index is 0.298. The van der Waals surface area contributed by atoms with Gasteiger partial charge in [-0.05, 0) is 60.0 Å². The zero-order chi connectivity index (χ0) is 21.1. The molecule has 3 aromatic rings. The first-order valence-corrected chi connectivity index (χ1v) is 10.1. The SMILES string of the molecule is CN1CCC(c2ccc(OC(Oc3ccc(Cl)cc3)C(=O)O)cc2)c2ccccc21. The zero-order valence-electron chi connectivity index (χ0n) is 16.5. The molecule has 2 unspecified atom stereocenters. The molecule has 1 aliphatic rings. The highest BCUT2D eigenvalue weighted by atomic mass is 35.5. The van der Waals surface area contributed by atoms with E-state index < -0.39 is 12.3 Å². The molecular formula is C24H22ClNO4. The molecule has 4 rings (SSSR count). The van der Waals surface area contributed by atoms with E-state index >= 15 is 0 Å². The molecule has 30 heavy (non-hydrogen) atoms. The molecule has 1 heterocycles. The monoisotopic (exact) mass is 423 g/mol. The Labute approximate surface area is 180 Å². The van der Waals surface area contributed by atoms with E-state index in [2.05, 4.69) is 36.2 Å². The summed E-state index contributed by atoms with van der Waals surface area (Å²) in [6, 6.07) is 22.4. The van der Waals surface area contributed by atoms with Crippen molar-refractivity contribution in [1.82, 2.24) is 0 Å². The lowest BCUT2D eigenvalue weighted by atomic mass is 9.84. The van der Waals surface area contributed by atoms with Gasteiger partial charge in [0.15, 0.2) is 0 Å². The standard InChI is InChI=1S/C24H22ClNO4/c1-26-15-14-20(21-4-2-3-5-22(21)26)16-6-10-18(11-7-16)29-24(23(27)28)30-19-12-8-17(25)9-13-19/h2-13,20,24H,14-15H2,1H3,(H,27,28). The van der Waals surface area contributed by atoms with E-state index in [-0.39, 0.29) is 0 Å². The van der Waals surface area contributed by atoms with Crippen LogP contribution in [0.3, 0.4) is 0 Å². The maximum atomic E-state index is 11.6. The Morgan fingerprint density at radius 1 is 1.00 bits per heavy atom. The van der Waals surface area contributed by atoms with Gasteiger partial charge in [-0.2, -0.15) is 0 Å². The summed E-state index contributed by atoms with van der Waals surface area (Å²) in [5, 5.41) is 10.0. The number of nitrogens with zero attached hydrogens (tertiary/aromatic N) is 1. The van der Waals surface area contributed by atoms with E-state index in [0.29, 0.717) is 22.4 Å². The summed E-state index contributed by atoms with van der Waals surface area (Å²) in [7, 11) is 2.11. The van der Waals surface area contributed by atoms with Gasteiger partial charge in [-0.25, -0.2) is 4.79 Å². The van der Waals surface area contributed by atoms with Crippen molar-refractivity contribution < 1.29 is 19.4 Å². The molecule has 154 valence electrons. The molecule has 2 atom stereocenters. The largest absolute Gasteiger partial charge is 0.476 e. The van der Waals surface area contributed by atoms with Crippen LogP contribution in [0.1, 0.15) is 23.5 Å². The number of hydrogen-bond acceptors (Lipinski definition) is 4. The average Bonchev–Trinajstić information content (AvgIpc) is 2.76. The molecule has 0 fully saturated rings. The summed E-state index contributed by atoms with van der Waals surface area (Å²) < 4.78 is 11.0. The lowest BCUT2D eigenvalue weighted by Crippen LogP contribution is -2.33. The number of anilines is 1. The molecule has 0 aromatic heterocycles. The highest BCUT2D eigenvalue weighted by Gasteiger charge is 2.25. The number of para-hydroxylation sites is 1. The van der Waals surface area contributed by atoms with Crippen molar-refractivity contribution >= 4 is 23.3 Å². The number of carboxylic acids is 1. The van der Waals surface area contributed by atoms with Gasteiger partial charge >= 0.3 is 12.3 Å². The summed E-state index contributed by atoms with van der Waals surface area (Å²) in [5.41, 5.74) is 3.72. The van der Waals surface area contributed by atoms with E-state index in [4.69, 9.17) is 21.1 Å². The third kappa shape index (κ3) is 4.36. The normalized spacial score (nSPS) is 16.5. The first-order valence-electron chi connectivity index (χ1n) is 9.73. The topological polar surface area (TPSA) is 59.0 Å². The molecule has 0 saturated heterocycles. The molecule has 0 radical (unpaired) electrons. The second-order valence-corrected chi connectivity index (χ2v) is 7.69. The van der Waals surface area contributed by atoms with Gasteiger partial charge < -0.3 is 19.5 Å². The Kier molecular flexibility index (Phi) is 5.81. The van der Waals surface area contributed by atoms with Crippen molar-refractivity contribution in [3.8, 4) is 11.5 Å². The number of ether oxygens (including phenoxy) is 2. The van der Waals surface area contributed by atoms with Crippen molar-refractivity contribution in [3.63, 3.8) is 0 Å². The highest BCUT2D eigenvalue weighted by Crippen LogP contribution is 2.39. The van der Waals surface area contributed by atoms with Gasteiger partial charge in [-0.3, -0.25) is 0 Å². The molecule has 0 bridgehead atoms. The summed E-state index contributed by atoms with van der Waals surface area (Å²) in [4.78, 5) is 13.8. The first kappa shape index (κ1) is 20.1. The number of carboxylic acid groups (broad SMARTS) is 1. The molecule has 0 saturated carbocycles. The Bertz CT molecular complexity index is 1020. The van der Waals surface area contributed by atoms with Crippen LogP contribution in [0.25, 0.3) is 0 Å². The van der Waals surface area contributed by atoms with Crippen LogP contribution in [0.2, 0.25) is 5.02 Å². The quantitative estimate of drug-likeness (QED) is 0.553. The Morgan fingerprint density at radius 2 is 1.60 bits per heavy atom. The Morgan fingerprint density at radius 3 is 2.23 bits per heavy atom. The maximum absolute atomic E-state index is 11.6. The van der Waals surface area contributed by atoms with Gasteiger partial charge in [0.25, 0.3) is 0 Å². The lowest BCUT2D eigenvalue weighted by molar-refractivity contribution is -0.158. The summed E-state index contributed by atoms with van der Waals surface area (Å²) in [6.07, 6.45) is -0.438. The average molecular weight is 424 g/mol. The van der Waals surface area contributed by atoms with Crippen molar-refractivity contribution in [2.24, 2.45) is 0 Å². The van der Waals surface area contributed by atoms with E-state index in [9.17, 15) is 9.90 Å². The highest BCUT2D eigenvalue weighted by molar-refractivity contribution is 6.30. The minimum atomic E-state index is -1.46. The van der Waals surface area contributed by atoms with Crippen LogP contribution in [0.5, 0.6) is 11.5 Å². The molecule has 6 heteroatoms. The number of hydrogen-bond donors (Lipinski definition) is 1. The fourth-order valence-corrected chi connectivity index (χ4v) is 3.86. The van der Waals surface area contributed by atoms with E-state index in [1.165, 1.54) is 16.8 Å². The minimum Gasteiger partial charge on any atom is -0.476 e. The third-order valence-electron chi connectivity index (χ3n) is 5.26. The number of rotatable bonds is 6. The van der Waals surface area contributed by atoms with Crippen LogP contribution in [0, 0.1) is 0 Å². The van der Waals surface area contributed by atoms with Crippen LogP contribution in [0.15, 0.2) is 72.8 Å². The number of carbonyl (C=O) groups is 1. The second-order valence-electron chi connectivity index (χ2n) is 7.25. The van der Waals surface area contributed by atoms with Crippen molar-refractivity contribution in [3.05, 3.63) is 88.9 Å². The van der Waals surface area contributed by atoms with Crippen LogP contribution >= 0.6 is 11.6 Å². The van der Waals surface area contributed by atoms with Gasteiger partial charge in [0.1, 0.15) is 11.5 Å². The van der Waals surface area contributed by atoms with E-state index in [0.717, 1.165) is 13.0 Å². The first-order chi connectivity index (χ1) is 14.5. The van der Waals surface area contributed by atoms with Gasteiger partial charge in [-0.1, -0.05) is 41.9 Å². The predicted octanol–water partition coefficient (Wildman–Crippen LogP) is 5.18. The summed E-state index contributed by atoms with van der Waals surface area (Å²) >= 11 is 5.85. The van der Waals surface area contributed by atoms with E-state index in [1.807, 2.05) is 12.1 Å². The fraction of sp³-hybridized carbons (Fsp3) is 0.208. The lowest BCUT2D eigenvalue weighted by Gasteiger charge is -2.33. The number of aliphatic carboxylic acids is 1. The summed E-state index contributed by atoms with van der Waals surface area (Å²) in [5.74, 6) is -0.113. The molecular weight excluding hydrogens is 402 g/mol. The third-order valence-corrected chi connectivity index (χ3v) is 5.51. The van der Waals surface area contributed by atoms with Crippen molar-refractivity contribution in [1.29, 1.82) is 0 Å². The predicted molar refractivity (Wildman–Crippen MR) is 117 cm³/mol. The second kappa shape index (κ2) is 8.67. The van der Waals surface area contributed by atoms with Crippen LogP contribution in [-0.4, -0.2) is 31.0 Å². The Balaban J connectivity index is 1.50. The molecule has 1 aliphatic heterocycles. The molecule has 5 nitrogen and oxygen atoms in total. The fourth-order valence-electron chi connectivity index (χ4n) is 3.74. The van der Waals surface area contributed by atoms with Gasteiger partial charge in [0.05, 0.1) is 0 Å². The van der Waals surface area contributed by atoms with Crippen molar-refractivity contribution in [2.75, 3.05) is 18.5 Å². The van der Waals surface area contributed by atoms with Gasteiger partial charge in [-0.15, -0.1) is 0 Å². The van der Waals surface area contributed by atoms with Crippen LogP contribution in [0.4, 0.5) is 5.69 Å². The number of benzene rings is 3. The Hall–Kier alpha value is -3.18. The van der Waals surface area contributed by atoms with E-state index in [1.54, 1.807) is 36.4 Å². The number of halogens is 1. The van der Waals surface area contributed by atoms with Crippen molar-refractivity contribution in [2.45, 2.75) is 18.6 Å². The molecule has 0 spiro atoms. The summed E-state index contributed by atoms with van der Waals surface area (Å²) in [6.45, 7) is 0.982. The molecule has 0 aliphatic carbocycles. The smallest absolute Gasteiger partial charge is 0.387 e. The zero-order valence-corrected chi connectivity index (χ0v) is 17.3. The van der Waals surface area contributed by atoms with Crippen LogP contribution < -0.4 is 14.4 Å². The van der Waals surface area contributed by atoms with Crippen LogP contribution in [-0.2, 0) is 4.79 Å².